The first-order valence-corrected chi connectivity index (χ1v) is 6.38. The van der Waals surface area contributed by atoms with Crippen molar-refractivity contribution in [2.24, 2.45) is 5.73 Å². The van der Waals surface area contributed by atoms with E-state index in [4.69, 9.17) is 22.4 Å². The zero-order chi connectivity index (χ0) is 12.6. The smallest absolute Gasteiger partial charge is 0.320 e. The van der Waals surface area contributed by atoms with Crippen molar-refractivity contribution in [2.45, 2.75) is 12.5 Å². The molecule has 6 heteroatoms. The number of halogens is 2. The zero-order valence-electron chi connectivity index (χ0n) is 8.71. The van der Waals surface area contributed by atoms with Crippen LogP contribution in [0.1, 0.15) is 5.56 Å². The van der Waals surface area contributed by atoms with Crippen molar-refractivity contribution in [3.63, 3.8) is 0 Å². The van der Waals surface area contributed by atoms with Crippen LogP contribution in [-0.4, -0.2) is 22.1 Å². The topological polar surface area (TPSA) is 79.1 Å². The molecule has 17 heavy (non-hydrogen) atoms. The Morgan fingerprint density at radius 2 is 2.29 bits per heavy atom. The highest BCUT2D eigenvalue weighted by Crippen LogP contribution is 2.27. The normalized spacial score (nSPS) is 12.9. The Labute approximate surface area is 116 Å². The maximum atomic E-state index is 10.7. The minimum atomic E-state index is -1.00. The second-order valence-electron chi connectivity index (χ2n) is 3.77. The van der Waals surface area contributed by atoms with Gasteiger partial charge in [0.25, 0.3) is 0 Å². The maximum Gasteiger partial charge on any atom is 0.320 e. The molecule has 0 aliphatic rings. The monoisotopic (exact) mass is 364 g/mol. The number of H-pyrrole nitrogens is 1. The zero-order valence-corrected chi connectivity index (χ0v) is 11.6. The summed E-state index contributed by atoms with van der Waals surface area (Å²) in [6.07, 6.45) is 2.07. The van der Waals surface area contributed by atoms with Crippen molar-refractivity contribution < 1.29 is 9.90 Å². The molecule has 0 aliphatic heterocycles. The molecule has 0 aliphatic carbocycles. The number of carboxylic acid groups (broad SMARTS) is 1. The van der Waals surface area contributed by atoms with Crippen molar-refractivity contribution in [1.29, 1.82) is 0 Å². The summed E-state index contributed by atoms with van der Waals surface area (Å²) >= 11 is 8.17. The van der Waals surface area contributed by atoms with E-state index in [0.717, 1.165) is 20.0 Å². The van der Waals surface area contributed by atoms with Gasteiger partial charge in [0.15, 0.2) is 0 Å². The lowest BCUT2D eigenvalue weighted by atomic mass is 10.1. The van der Waals surface area contributed by atoms with E-state index >= 15 is 0 Å². The van der Waals surface area contributed by atoms with Gasteiger partial charge >= 0.3 is 5.97 Å². The van der Waals surface area contributed by atoms with Crippen molar-refractivity contribution in [3.8, 4) is 0 Å². The highest BCUT2D eigenvalue weighted by Gasteiger charge is 2.15. The molecule has 0 radical (unpaired) electrons. The van der Waals surface area contributed by atoms with E-state index in [9.17, 15) is 4.79 Å². The molecule has 1 aromatic heterocycles. The predicted octanol–water partition coefficient (Wildman–Crippen LogP) is 2.38. The largest absolute Gasteiger partial charge is 0.480 e. The molecule has 4 nitrogen and oxygen atoms in total. The lowest BCUT2D eigenvalue weighted by Crippen LogP contribution is -2.32. The van der Waals surface area contributed by atoms with Gasteiger partial charge in [-0.15, -0.1) is 0 Å². The number of hydrogen-bond donors (Lipinski definition) is 3. The van der Waals surface area contributed by atoms with Crippen molar-refractivity contribution in [1.82, 2.24) is 4.98 Å². The summed E-state index contributed by atoms with van der Waals surface area (Å²) in [6.45, 7) is 0. The van der Waals surface area contributed by atoms with Crippen LogP contribution in [0, 0.1) is 3.57 Å². The molecule has 0 saturated carbocycles. The van der Waals surface area contributed by atoms with Gasteiger partial charge in [-0.3, -0.25) is 4.79 Å². The number of aliphatic carboxylic acids is 1. The summed E-state index contributed by atoms with van der Waals surface area (Å²) in [6, 6.07) is 2.77. The number of rotatable bonds is 3. The molecule has 0 saturated heterocycles. The van der Waals surface area contributed by atoms with Gasteiger partial charge in [-0.25, -0.2) is 0 Å². The fourth-order valence-electron chi connectivity index (χ4n) is 1.70. The number of hydrogen-bond acceptors (Lipinski definition) is 2. The van der Waals surface area contributed by atoms with Crippen molar-refractivity contribution in [3.05, 3.63) is 32.5 Å². The fraction of sp³-hybridized carbons (Fsp3) is 0.182. The third kappa shape index (κ3) is 2.56. The van der Waals surface area contributed by atoms with E-state index in [1.54, 1.807) is 6.20 Å². The fourth-order valence-corrected chi connectivity index (χ4v) is 2.89. The second-order valence-corrected chi connectivity index (χ2v) is 5.37. The van der Waals surface area contributed by atoms with Crippen LogP contribution >= 0.6 is 34.2 Å². The minimum absolute atomic E-state index is 0.283. The lowest BCUT2D eigenvalue weighted by Gasteiger charge is -2.05. The first kappa shape index (κ1) is 12.7. The van der Waals surface area contributed by atoms with E-state index in [1.807, 2.05) is 12.1 Å². The van der Waals surface area contributed by atoms with Gasteiger partial charge in [0.05, 0.1) is 5.52 Å². The number of carbonyl (C=O) groups is 1. The Morgan fingerprint density at radius 1 is 1.59 bits per heavy atom. The number of aromatic nitrogens is 1. The van der Waals surface area contributed by atoms with Crippen LogP contribution in [0.2, 0.25) is 5.02 Å². The number of nitrogens with one attached hydrogen (secondary N) is 1. The van der Waals surface area contributed by atoms with E-state index in [-0.39, 0.29) is 6.42 Å². The van der Waals surface area contributed by atoms with Gasteiger partial charge in [0, 0.05) is 26.6 Å². The predicted molar refractivity (Wildman–Crippen MR) is 75.3 cm³/mol. The Kier molecular flexibility index (Phi) is 3.60. The molecule has 0 amide bonds. The van der Waals surface area contributed by atoms with Gasteiger partial charge in [0.1, 0.15) is 6.04 Å². The Hall–Kier alpha value is -0.790. The molecule has 2 aromatic rings. The molecular weight excluding hydrogens is 354 g/mol. The first-order valence-electron chi connectivity index (χ1n) is 4.92. The van der Waals surface area contributed by atoms with Crippen LogP contribution in [0.15, 0.2) is 18.3 Å². The molecule has 1 unspecified atom stereocenters. The Morgan fingerprint density at radius 3 is 2.94 bits per heavy atom. The van der Waals surface area contributed by atoms with Crippen molar-refractivity contribution >= 4 is 51.1 Å². The maximum absolute atomic E-state index is 10.7. The average molecular weight is 365 g/mol. The third-order valence-corrected chi connectivity index (χ3v) is 3.62. The van der Waals surface area contributed by atoms with Gasteiger partial charge in [-0.05, 0) is 40.3 Å². The van der Waals surface area contributed by atoms with Crippen LogP contribution in [0.3, 0.4) is 0 Å². The van der Waals surface area contributed by atoms with Crippen LogP contribution in [-0.2, 0) is 11.2 Å². The SMILES string of the molecule is NC(Cc1c[nH]c2c(I)cc(Cl)cc12)C(=O)O. The summed E-state index contributed by atoms with van der Waals surface area (Å²) in [5.41, 5.74) is 7.36. The van der Waals surface area contributed by atoms with E-state index in [1.165, 1.54) is 0 Å². The summed E-state index contributed by atoms with van der Waals surface area (Å²) in [5, 5.41) is 10.4. The molecule has 90 valence electrons. The first-order chi connectivity index (χ1) is 7.99. The van der Waals surface area contributed by atoms with Gasteiger partial charge in [-0.2, -0.15) is 0 Å². The van der Waals surface area contributed by atoms with Crippen LogP contribution in [0.5, 0.6) is 0 Å². The molecular formula is C11H10ClIN2O2. The molecule has 4 N–H and O–H groups in total. The molecule has 0 bridgehead atoms. The van der Waals surface area contributed by atoms with E-state index in [2.05, 4.69) is 27.6 Å². The van der Waals surface area contributed by atoms with Gasteiger partial charge in [0.2, 0.25) is 0 Å². The van der Waals surface area contributed by atoms with Crippen LogP contribution < -0.4 is 5.73 Å². The summed E-state index contributed by atoms with van der Waals surface area (Å²) in [5.74, 6) is -1.00. The lowest BCUT2D eigenvalue weighted by molar-refractivity contribution is -0.138. The highest BCUT2D eigenvalue weighted by molar-refractivity contribution is 14.1. The summed E-state index contributed by atoms with van der Waals surface area (Å²) < 4.78 is 1.00. The van der Waals surface area contributed by atoms with Crippen LogP contribution in [0.4, 0.5) is 0 Å². The van der Waals surface area contributed by atoms with E-state index < -0.39 is 12.0 Å². The average Bonchev–Trinajstić information content (AvgIpc) is 2.61. The Balaban J connectivity index is 2.45. The summed E-state index contributed by atoms with van der Waals surface area (Å²) in [7, 11) is 0. The number of nitrogens with two attached hydrogens (primary N) is 1. The van der Waals surface area contributed by atoms with Gasteiger partial charge in [-0.1, -0.05) is 11.6 Å². The van der Waals surface area contributed by atoms with Crippen molar-refractivity contribution in [2.75, 3.05) is 0 Å². The standard InChI is InChI=1S/C11H10ClIN2O2/c12-6-2-7-5(1-9(14)11(16)17)4-15-10(7)8(13)3-6/h2-4,9,15H,1,14H2,(H,16,17). The molecule has 1 atom stereocenters. The number of benzene rings is 1. The van der Waals surface area contributed by atoms with E-state index in [0.29, 0.717) is 5.02 Å². The Bertz CT molecular complexity index is 582. The minimum Gasteiger partial charge on any atom is -0.480 e. The number of aromatic amines is 1. The van der Waals surface area contributed by atoms with Crippen LogP contribution in [0.25, 0.3) is 10.9 Å². The molecule has 0 fully saturated rings. The quantitative estimate of drug-likeness (QED) is 0.732. The number of carboxylic acids is 1. The molecule has 1 aromatic carbocycles. The second kappa shape index (κ2) is 4.83. The number of fused-ring (bicyclic) bond motifs is 1. The highest BCUT2D eigenvalue weighted by atomic mass is 127. The summed E-state index contributed by atoms with van der Waals surface area (Å²) in [4.78, 5) is 13.8. The molecule has 1 heterocycles. The van der Waals surface area contributed by atoms with Gasteiger partial charge < -0.3 is 15.8 Å². The molecule has 2 rings (SSSR count). The molecule has 0 spiro atoms. The third-order valence-electron chi connectivity index (χ3n) is 2.55.